The summed E-state index contributed by atoms with van der Waals surface area (Å²) in [7, 11) is -3.40. The number of amides is 1. The Balaban J connectivity index is 1.68. The summed E-state index contributed by atoms with van der Waals surface area (Å²) in [6, 6.07) is 12.9. The normalized spacial score (nSPS) is 11.2. The monoisotopic (exact) mass is 409 g/mol. The Kier molecular flexibility index (Phi) is 5.84. The van der Waals surface area contributed by atoms with Crippen molar-refractivity contribution >= 4 is 21.5 Å². The molecule has 0 aliphatic rings. The molecule has 0 aliphatic carbocycles. The van der Waals surface area contributed by atoms with Crippen molar-refractivity contribution in [1.29, 1.82) is 0 Å². The molecule has 0 saturated carbocycles. The molecular weight excluding hydrogens is 390 g/mol. The molecule has 1 aromatic heterocycles. The van der Waals surface area contributed by atoms with Gasteiger partial charge in [-0.15, -0.1) is 0 Å². The first kappa shape index (κ1) is 20.3. The molecule has 0 unspecified atom stereocenters. The van der Waals surface area contributed by atoms with Crippen LogP contribution in [0, 0.1) is 0 Å². The van der Waals surface area contributed by atoms with Crippen molar-refractivity contribution in [2.45, 2.75) is 17.7 Å². The molecule has 2 N–H and O–H groups in total. The molecule has 0 fully saturated rings. The Morgan fingerprint density at radius 1 is 0.897 bits per heavy atom. The molecule has 1 amide bonds. The van der Waals surface area contributed by atoms with Crippen molar-refractivity contribution in [3.8, 4) is 0 Å². The van der Waals surface area contributed by atoms with Gasteiger partial charge in [-0.2, -0.15) is 0 Å². The number of aryl methyl sites for hydroxylation is 2. The maximum Gasteiger partial charge on any atom is 0.248 e. The second kappa shape index (κ2) is 8.32. The number of rotatable bonds is 7. The number of nitrogens with zero attached hydrogens (tertiary/aromatic N) is 2. The summed E-state index contributed by atoms with van der Waals surface area (Å²) < 4.78 is 23.3. The fourth-order valence-corrected chi connectivity index (χ4v) is 3.39. The van der Waals surface area contributed by atoms with E-state index >= 15 is 0 Å². The first-order valence-electron chi connectivity index (χ1n) is 8.78. The largest absolute Gasteiger partial charge is 0.366 e. The fraction of sp³-hybridized carbons (Fsp3) is 0.143. The van der Waals surface area contributed by atoms with Crippen LogP contribution in [0.15, 0.2) is 65.8 Å². The van der Waals surface area contributed by atoms with E-state index in [4.69, 9.17) is 5.73 Å². The quantitative estimate of drug-likeness (QED) is 0.596. The van der Waals surface area contributed by atoms with Crippen LogP contribution in [0.5, 0.6) is 0 Å². The van der Waals surface area contributed by atoms with E-state index in [9.17, 15) is 18.0 Å². The third kappa shape index (κ3) is 5.11. The predicted octanol–water partition coefficient (Wildman–Crippen LogP) is 2.00. The molecule has 3 aromatic rings. The molecule has 2 aromatic carbocycles. The number of primary amides is 1. The van der Waals surface area contributed by atoms with E-state index in [0.29, 0.717) is 24.2 Å². The minimum Gasteiger partial charge on any atom is -0.366 e. The molecular formula is C21H19N3O4S. The van der Waals surface area contributed by atoms with Gasteiger partial charge < -0.3 is 5.73 Å². The van der Waals surface area contributed by atoms with Crippen molar-refractivity contribution in [2.24, 2.45) is 5.73 Å². The Hall–Kier alpha value is -3.39. The van der Waals surface area contributed by atoms with Crippen LogP contribution in [0.3, 0.4) is 0 Å². The third-order valence-electron chi connectivity index (χ3n) is 4.37. The van der Waals surface area contributed by atoms with Crippen molar-refractivity contribution in [3.05, 3.63) is 89.0 Å². The van der Waals surface area contributed by atoms with Gasteiger partial charge in [0.25, 0.3) is 0 Å². The van der Waals surface area contributed by atoms with Crippen molar-refractivity contribution < 1.29 is 18.0 Å². The van der Waals surface area contributed by atoms with Gasteiger partial charge in [-0.1, -0.05) is 24.3 Å². The van der Waals surface area contributed by atoms with E-state index in [1.165, 1.54) is 30.6 Å². The van der Waals surface area contributed by atoms with Gasteiger partial charge in [-0.25, -0.2) is 18.4 Å². The highest BCUT2D eigenvalue weighted by Gasteiger charge is 2.14. The van der Waals surface area contributed by atoms with E-state index in [-0.39, 0.29) is 21.8 Å². The molecule has 148 valence electrons. The molecule has 8 heteroatoms. The van der Waals surface area contributed by atoms with Crippen LogP contribution in [0.4, 0.5) is 0 Å². The summed E-state index contributed by atoms with van der Waals surface area (Å²) in [5.41, 5.74) is 7.23. The van der Waals surface area contributed by atoms with Crippen LogP contribution >= 0.6 is 0 Å². The van der Waals surface area contributed by atoms with Crippen LogP contribution in [-0.2, 0) is 22.7 Å². The first-order valence-corrected chi connectivity index (χ1v) is 10.7. The number of ketones is 1. The van der Waals surface area contributed by atoms with Crippen molar-refractivity contribution in [3.63, 3.8) is 0 Å². The third-order valence-corrected chi connectivity index (χ3v) is 5.48. The lowest BCUT2D eigenvalue weighted by atomic mass is 10.1. The summed E-state index contributed by atoms with van der Waals surface area (Å²) in [6.07, 6.45) is 5.20. The standard InChI is InChI=1S/C21H19N3O4S/c1-29(27,28)18-4-2-3-16(11-18)20(25)17-12-23-19(24-13-17)10-7-14-5-8-15(9-6-14)21(22)26/h2-6,8-9,11-13H,7,10H2,1H3,(H2,22,26). The molecule has 0 aliphatic heterocycles. The van der Waals surface area contributed by atoms with Crippen molar-refractivity contribution in [1.82, 2.24) is 9.97 Å². The lowest BCUT2D eigenvalue weighted by Crippen LogP contribution is -2.10. The van der Waals surface area contributed by atoms with Gasteiger partial charge in [0.1, 0.15) is 5.82 Å². The SMILES string of the molecule is CS(=O)(=O)c1cccc(C(=O)c2cnc(CCc3ccc(C(N)=O)cc3)nc2)c1. The number of benzene rings is 2. The van der Waals surface area contributed by atoms with E-state index in [2.05, 4.69) is 9.97 Å². The summed E-state index contributed by atoms with van der Waals surface area (Å²) in [5.74, 6) is -0.239. The molecule has 3 rings (SSSR count). The second-order valence-electron chi connectivity index (χ2n) is 6.58. The van der Waals surface area contributed by atoms with Crippen molar-refractivity contribution in [2.75, 3.05) is 6.26 Å². The van der Waals surface area contributed by atoms with Gasteiger partial charge in [0.15, 0.2) is 15.6 Å². The van der Waals surface area contributed by atoms with E-state index in [1.54, 1.807) is 18.2 Å². The Bertz CT molecular complexity index is 1160. The number of hydrogen-bond donors (Lipinski definition) is 1. The summed E-state index contributed by atoms with van der Waals surface area (Å²) in [5, 5.41) is 0. The molecule has 0 bridgehead atoms. The smallest absolute Gasteiger partial charge is 0.248 e. The number of nitrogens with two attached hydrogens (primary N) is 1. The number of carbonyl (C=O) groups excluding carboxylic acids is 2. The van der Waals surface area contributed by atoms with Gasteiger partial charge in [-0.3, -0.25) is 9.59 Å². The molecule has 7 nitrogen and oxygen atoms in total. The second-order valence-corrected chi connectivity index (χ2v) is 8.59. The minimum atomic E-state index is -3.40. The van der Waals surface area contributed by atoms with Gasteiger partial charge in [0, 0.05) is 36.2 Å². The number of sulfone groups is 1. The van der Waals surface area contributed by atoms with E-state index < -0.39 is 15.7 Å². The Morgan fingerprint density at radius 2 is 1.55 bits per heavy atom. The Labute approximate surface area is 168 Å². The van der Waals surface area contributed by atoms with E-state index in [0.717, 1.165) is 11.8 Å². The fourth-order valence-electron chi connectivity index (χ4n) is 2.73. The zero-order valence-corrected chi connectivity index (χ0v) is 16.5. The lowest BCUT2D eigenvalue weighted by Gasteiger charge is -2.05. The summed E-state index contributed by atoms with van der Waals surface area (Å²) in [6.45, 7) is 0. The first-order chi connectivity index (χ1) is 13.7. The highest BCUT2D eigenvalue weighted by atomic mass is 32.2. The zero-order chi connectivity index (χ0) is 21.0. The highest BCUT2D eigenvalue weighted by molar-refractivity contribution is 7.90. The minimum absolute atomic E-state index is 0.0863. The molecule has 0 saturated heterocycles. The molecule has 0 spiro atoms. The van der Waals surface area contributed by atoms with Crippen LogP contribution in [-0.4, -0.2) is 36.3 Å². The van der Waals surface area contributed by atoms with Gasteiger partial charge in [-0.05, 0) is 36.2 Å². The number of carbonyl (C=O) groups is 2. The molecule has 0 atom stereocenters. The van der Waals surface area contributed by atoms with Gasteiger partial charge in [0.05, 0.1) is 10.5 Å². The van der Waals surface area contributed by atoms with E-state index in [1.807, 2.05) is 12.1 Å². The predicted molar refractivity (Wildman–Crippen MR) is 107 cm³/mol. The number of aromatic nitrogens is 2. The van der Waals surface area contributed by atoms with Crippen LogP contribution in [0.1, 0.15) is 37.7 Å². The maximum atomic E-state index is 12.6. The van der Waals surface area contributed by atoms with Gasteiger partial charge in [0.2, 0.25) is 5.91 Å². The molecule has 0 radical (unpaired) electrons. The topological polar surface area (TPSA) is 120 Å². The average molecular weight is 409 g/mol. The average Bonchev–Trinajstić information content (AvgIpc) is 2.72. The molecule has 1 heterocycles. The highest BCUT2D eigenvalue weighted by Crippen LogP contribution is 2.15. The lowest BCUT2D eigenvalue weighted by molar-refractivity contribution is 0.0998. The summed E-state index contributed by atoms with van der Waals surface area (Å²) in [4.78, 5) is 32.2. The maximum absolute atomic E-state index is 12.6. The Morgan fingerprint density at radius 3 is 2.14 bits per heavy atom. The number of hydrogen-bond acceptors (Lipinski definition) is 6. The summed E-state index contributed by atoms with van der Waals surface area (Å²) >= 11 is 0. The van der Waals surface area contributed by atoms with Crippen LogP contribution in [0.25, 0.3) is 0 Å². The van der Waals surface area contributed by atoms with Crippen LogP contribution in [0.2, 0.25) is 0 Å². The van der Waals surface area contributed by atoms with Gasteiger partial charge >= 0.3 is 0 Å². The van der Waals surface area contributed by atoms with Crippen LogP contribution < -0.4 is 5.73 Å². The molecule has 29 heavy (non-hydrogen) atoms. The zero-order valence-electron chi connectivity index (χ0n) is 15.7.